The summed E-state index contributed by atoms with van der Waals surface area (Å²) >= 11 is 0. The SMILES string of the molecule is CC(C)(C)N1CCC(Oc2ccc(C(=O)NCc3ccn4ccnc4c3)cc2)C1. The third-order valence-electron chi connectivity index (χ3n) is 5.43. The van der Waals surface area contributed by atoms with E-state index in [1.807, 2.05) is 53.2 Å². The minimum absolute atomic E-state index is 0.0976. The van der Waals surface area contributed by atoms with E-state index < -0.39 is 0 Å². The molecule has 1 unspecified atom stereocenters. The quantitative estimate of drug-likeness (QED) is 0.722. The molecular weight excluding hydrogens is 364 g/mol. The molecular formula is C23H28N4O2. The van der Waals surface area contributed by atoms with Gasteiger partial charge in [-0.3, -0.25) is 9.69 Å². The zero-order chi connectivity index (χ0) is 20.4. The van der Waals surface area contributed by atoms with Crippen molar-refractivity contribution in [2.75, 3.05) is 13.1 Å². The van der Waals surface area contributed by atoms with Gasteiger partial charge in [0, 0.05) is 49.3 Å². The number of hydrogen-bond acceptors (Lipinski definition) is 4. The lowest BCUT2D eigenvalue weighted by atomic mass is 10.1. The summed E-state index contributed by atoms with van der Waals surface area (Å²) in [7, 11) is 0. The Kier molecular flexibility index (Phi) is 5.28. The first-order valence-electron chi connectivity index (χ1n) is 10.1. The molecule has 152 valence electrons. The number of pyridine rings is 1. The number of likely N-dealkylation sites (tertiary alicyclic amines) is 1. The molecule has 3 aromatic rings. The van der Waals surface area contributed by atoms with Crippen LogP contribution < -0.4 is 10.1 Å². The van der Waals surface area contributed by atoms with Gasteiger partial charge in [-0.15, -0.1) is 0 Å². The topological polar surface area (TPSA) is 58.9 Å². The van der Waals surface area contributed by atoms with E-state index in [0.717, 1.165) is 36.5 Å². The van der Waals surface area contributed by atoms with Crippen molar-refractivity contribution in [3.8, 4) is 5.75 Å². The highest BCUT2D eigenvalue weighted by molar-refractivity contribution is 5.94. The number of ether oxygens (including phenoxy) is 1. The highest BCUT2D eigenvalue weighted by atomic mass is 16.5. The number of hydrogen-bond donors (Lipinski definition) is 1. The van der Waals surface area contributed by atoms with Crippen LogP contribution in [0.1, 0.15) is 43.1 Å². The molecule has 1 amide bonds. The zero-order valence-corrected chi connectivity index (χ0v) is 17.3. The van der Waals surface area contributed by atoms with Gasteiger partial charge < -0.3 is 14.5 Å². The maximum atomic E-state index is 12.5. The third kappa shape index (κ3) is 4.59. The first kappa shape index (κ1) is 19.5. The second-order valence-electron chi connectivity index (χ2n) is 8.58. The van der Waals surface area contributed by atoms with Gasteiger partial charge in [-0.2, -0.15) is 0 Å². The molecule has 0 saturated carbocycles. The lowest BCUT2D eigenvalue weighted by Gasteiger charge is -2.31. The van der Waals surface area contributed by atoms with Gasteiger partial charge in [0.25, 0.3) is 5.91 Å². The fourth-order valence-corrected chi connectivity index (χ4v) is 3.66. The Morgan fingerprint density at radius 1 is 1.21 bits per heavy atom. The van der Waals surface area contributed by atoms with E-state index in [1.165, 1.54) is 0 Å². The number of amides is 1. The van der Waals surface area contributed by atoms with Crippen LogP contribution in [0.3, 0.4) is 0 Å². The first-order valence-corrected chi connectivity index (χ1v) is 10.1. The number of benzene rings is 1. The van der Waals surface area contributed by atoms with Crippen molar-refractivity contribution in [1.82, 2.24) is 19.6 Å². The highest BCUT2D eigenvalue weighted by Gasteiger charge is 2.31. The van der Waals surface area contributed by atoms with Crippen LogP contribution >= 0.6 is 0 Å². The normalized spacial score (nSPS) is 17.6. The third-order valence-corrected chi connectivity index (χ3v) is 5.43. The Morgan fingerprint density at radius 3 is 2.72 bits per heavy atom. The second-order valence-corrected chi connectivity index (χ2v) is 8.58. The standard InChI is InChI=1S/C23H28N4O2/c1-23(2,3)27-12-9-20(16-27)29-19-6-4-18(5-7-19)22(28)25-15-17-8-11-26-13-10-24-21(26)14-17/h4-8,10-11,13-14,20H,9,12,15-16H2,1-3H3,(H,25,28). The van der Waals surface area contributed by atoms with Crippen molar-refractivity contribution in [1.29, 1.82) is 0 Å². The molecule has 0 spiro atoms. The lowest BCUT2D eigenvalue weighted by molar-refractivity contribution is 0.0950. The molecule has 1 saturated heterocycles. The number of carbonyl (C=O) groups is 1. The average Bonchev–Trinajstić information content (AvgIpc) is 3.35. The van der Waals surface area contributed by atoms with Crippen LogP contribution in [0, 0.1) is 0 Å². The summed E-state index contributed by atoms with van der Waals surface area (Å²) in [5.74, 6) is 0.714. The first-order chi connectivity index (χ1) is 13.9. The van der Waals surface area contributed by atoms with Gasteiger partial charge in [0.05, 0.1) is 0 Å². The molecule has 1 fully saturated rings. The van der Waals surface area contributed by atoms with Gasteiger partial charge in [-0.25, -0.2) is 4.98 Å². The summed E-state index contributed by atoms with van der Waals surface area (Å²) in [6.45, 7) is 9.15. The van der Waals surface area contributed by atoms with Gasteiger partial charge in [0.2, 0.25) is 0 Å². The lowest BCUT2D eigenvalue weighted by Crippen LogP contribution is -2.40. The summed E-state index contributed by atoms with van der Waals surface area (Å²) in [4.78, 5) is 19.2. The monoisotopic (exact) mass is 392 g/mol. The molecule has 0 radical (unpaired) electrons. The van der Waals surface area contributed by atoms with Gasteiger partial charge >= 0.3 is 0 Å². The number of rotatable bonds is 5. The van der Waals surface area contributed by atoms with Gasteiger partial charge in [0.1, 0.15) is 17.5 Å². The van der Waals surface area contributed by atoms with Crippen LogP contribution in [0.5, 0.6) is 5.75 Å². The molecule has 2 aromatic heterocycles. The predicted molar refractivity (Wildman–Crippen MR) is 113 cm³/mol. The molecule has 3 heterocycles. The maximum absolute atomic E-state index is 12.5. The summed E-state index contributed by atoms with van der Waals surface area (Å²) in [6, 6.07) is 11.3. The van der Waals surface area contributed by atoms with E-state index in [-0.39, 0.29) is 17.6 Å². The largest absolute Gasteiger partial charge is 0.489 e. The van der Waals surface area contributed by atoms with E-state index in [9.17, 15) is 4.79 Å². The number of fused-ring (bicyclic) bond motifs is 1. The Labute approximate surface area is 171 Å². The molecule has 6 nitrogen and oxygen atoms in total. The second kappa shape index (κ2) is 7.87. The molecule has 0 aliphatic carbocycles. The molecule has 1 aliphatic heterocycles. The summed E-state index contributed by atoms with van der Waals surface area (Å²) in [5, 5.41) is 2.96. The van der Waals surface area contributed by atoms with Crippen LogP contribution in [0.15, 0.2) is 55.0 Å². The molecule has 0 bridgehead atoms. The molecule has 6 heteroatoms. The Balaban J connectivity index is 1.31. The number of aromatic nitrogens is 2. The van der Waals surface area contributed by atoms with Gasteiger partial charge in [0.15, 0.2) is 0 Å². The fourth-order valence-electron chi connectivity index (χ4n) is 3.66. The van der Waals surface area contributed by atoms with Gasteiger partial charge in [-0.05, 0) is 69.2 Å². The minimum Gasteiger partial charge on any atom is -0.489 e. The Bertz CT molecular complexity index is 988. The number of nitrogens with zero attached hydrogens (tertiary/aromatic N) is 3. The van der Waals surface area contributed by atoms with Crippen LogP contribution in [0.4, 0.5) is 0 Å². The molecule has 1 atom stereocenters. The van der Waals surface area contributed by atoms with Crippen LogP contribution in [-0.2, 0) is 6.54 Å². The van der Waals surface area contributed by atoms with E-state index >= 15 is 0 Å². The minimum atomic E-state index is -0.0976. The maximum Gasteiger partial charge on any atom is 0.251 e. The van der Waals surface area contributed by atoms with Crippen molar-refractivity contribution in [2.24, 2.45) is 0 Å². The summed E-state index contributed by atoms with van der Waals surface area (Å²) in [6.07, 6.45) is 6.83. The molecule has 1 aliphatic rings. The van der Waals surface area contributed by atoms with Crippen molar-refractivity contribution in [2.45, 2.75) is 45.4 Å². The van der Waals surface area contributed by atoms with E-state index in [2.05, 4.69) is 36.0 Å². The van der Waals surface area contributed by atoms with Gasteiger partial charge in [-0.1, -0.05) is 0 Å². The molecule has 1 aromatic carbocycles. The van der Waals surface area contributed by atoms with E-state index in [1.54, 1.807) is 6.20 Å². The van der Waals surface area contributed by atoms with Crippen molar-refractivity contribution in [3.63, 3.8) is 0 Å². The number of imidazole rings is 1. The van der Waals surface area contributed by atoms with Crippen molar-refractivity contribution < 1.29 is 9.53 Å². The van der Waals surface area contributed by atoms with Crippen molar-refractivity contribution >= 4 is 11.6 Å². The Hall–Kier alpha value is -2.86. The van der Waals surface area contributed by atoms with Crippen LogP contribution in [0.25, 0.3) is 5.65 Å². The number of nitrogens with one attached hydrogen (secondary N) is 1. The van der Waals surface area contributed by atoms with Crippen LogP contribution in [-0.4, -0.2) is 44.9 Å². The summed E-state index contributed by atoms with van der Waals surface area (Å²) < 4.78 is 8.05. The molecule has 29 heavy (non-hydrogen) atoms. The molecule has 1 N–H and O–H groups in total. The Morgan fingerprint density at radius 2 is 2.00 bits per heavy atom. The van der Waals surface area contributed by atoms with E-state index in [4.69, 9.17) is 4.74 Å². The smallest absolute Gasteiger partial charge is 0.251 e. The summed E-state index contributed by atoms with van der Waals surface area (Å²) in [5.41, 5.74) is 2.68. The van der Waals surface area contributed by atoms with Crippen molar-refractivity contribution in [3.05, 3.63) is 66.1 Å². The fraction of sp³-hybridized carbons (Fsp3) is 0.391. The zero-order valence-electron chi connectivity index (χ0n) is 17.3. The predicted octanol–water partition coefficient (Wildman–Crippen LogP) is 3.52. The average molecular weight is 393 g/mol. The highest BCUT2D eigenvalue weighted by Crippen LogP contribution is 2.24. The molecule has 4 rings (SSSR count). The van der Waals surface area contributed by atoms with E-state index in [0.29, 0.717) is 12.1 Å². The number of carbonyl (C=O) groups excluding carboxylic acids is 1. The van der Waals surface area contributed by atoms with Crippen LogP contribution in [0.2, 0.25) is 0 Å².